The van der Waals surface area contributed by atoms with E-state index in [-0.39, 0.29) is 6.10 Å². The van der Waals surface area contributed by atoms with Gasteiger partial charge in [-0.1, -0.05) is 40.2 Å². The molecular formula is C13H23NO. The number of aromatic nitrogens is 1. The second kappa shape index (κ2) is 8.42. The Morgan fingerprint density at radius 1 is 1.40 bits per heavy atom. The van der Waals surface area contributed by atoms with Crippen LogP contribution >= 0.6 is 0 Å². The van der Waals surface area contributed by atoms with Gasteiger partial charge in [-0.05, 0) is 24.5 Å². The van der Waals surface area contributed by atoms with Gasteiger partial charge in [-0.15, -0.1) is 0 Å². The summed E-state index contributed by atoms with van der Waals surface area (Å²) in [5, 5.41) is 9.32. The van der Waals surface area contributed by atoms with E-state index in [1.54, 1.807) is 6.20 Å². The van der Waals surface area contributed by atoms with E-state index in [2.05, 4.69) is 18.8 Å². The third kappa shape index (κ3) is 4.43. The van der Waals surface area contributed by atoms with Gasteiger partial charge in [0.15, 0.2) is 0 Å². The lowest BCUT2D eigenvalue weighted by Gasteiger charge is -1.99. The summed E-state index contributed by atoms with van der Waals surface area (Å²) in [6.07, 6.45) is 4.49. The Bertz CT molecular complexity index is 260. The zero-order valence-corrected chi connectivity index (χ0v) is 10.3. The number of pyridine rings is 1. The maximum Gasteiger partial charge on any atom is 0.0965 e. The third-order valence-electron chi connectivity index (χ3n) is 1.93. The third-order valence-corrected chi connectivity index (χ3v) is 1.93. The van der Waals surface area contributed by atoms with Crippen molar-refractivity contribution in [1.29, 1.82) is 0 Å². The molecular weight excluding hydrogens is 186 g/mol. The molecule has 2 nitrogen and oxygen atoms in total. The number of aryl methyl sites for hydroxylation is 1. The van der Waals surface area contributed by atoms with Crippen LogP contribution in [0, 0.1) is 0 Å². The lowest BCUT2D eigenvalue weighted by atomic mass is 10.2. The highest BCUT2D eigenvalue weighted by Crippen LogP contribution is 2.27. The van der Waals surface area contributed by atoms with Crippen molar-refractivity contribution in [3.63, 3.8) is 0 Å². The van der Waals surface area contributed by atoms with Gasteiger partial charge in [0.2, 0.25) is 0 Å². The molecule has 0 radical (unpaired) electrons. The SMILES string of the molecule is CC.CCC.OC1CCc2cccnc21. The fourth-order valence-electron chi connectivity index (χ4n) is 1.39. The molecule has 2 rings (SSSR count). The molecule has 2 heteroatoms. The van der Waals surface area contributed by atoms with E-state index >= 15 is 0 Å². The molecule has 0 saturated carbocycles. The van der Waals surface area contributed by atoms with Crippen LogP contribution in [0.1, 0.15) is 57.9 Å². The molecule has 1 heterocycles. The lowest BCUT2D eigenvalue weighted by Crippen LogP contribution is -1.92. The molecule has 1 atom stereocenters. The maximum absolute atomic E-state index is 9.32. The van der Waals surface area contributed by atoms with Crippen molar-refractivity contribution >= 4 is 0 Å². The largest absolute Gasteiger partial charge is 0.387 e. The predicted octanol–water partition coefficient (Wildman–Crippen LogP) is 3.50. The zero-order valence-electron chi connectivity index (χ0n) is 10.3. The van der Waals surface area contributed by atoms with Gasteiger partial charge in [-0.2, -0.15) is 0 Å². The Labute approximate surface area is 93.4 Å². The van der Waals surface area contributed by atoms with Gasteiger partial charge >= 0.3 is 0 Å². The first kappa shape index (κ1) is 14.1. The maximum atomic E-state index is 9.32. The van der Waals surface area contributed by atoms with Crippen LogP contribution in [-0.2, 0) is 6.42 Å². The smallest absolute Gasteiger partial charge is 0.0965 e. The summed E-state index contributed by atoms with van der Waals surface area (Å²) in [5.41, 5.74) is 2.08. The van der Waals surface area contributed by atoms with Crippen LogP contribution in [0.5, 0.6) is 0 Å². The highest BCUT2D eigenvalue weighted by molar-refractivity contribution is 5.26. The van der Waals surface area contributed by atoms with Crippen molar-refractivity contribution < 1.29 is 5.11 Å². The minimum Gasteiger partial charge on any atom is -0.387 e. The summed E-state index contributed by atoms with van der Waals surface area (Å²) in [4.78, 5) is 4.09. The van der Waals surface area contributed by atoms with Crippen molar-refractivity contribution in [3.8, 4) is 0 Å². The van der Waals surface area contributed by atoms with Crippen LogP contribution in [0.3, 0.4) is 0 Å². The van der Waals surface area contributed by atoms with Gasteiger partial charge in [-0.3, -0.25) is 4.98 Å². The first-order chi connectivity index (χ1) is 7.29. The Morgan fingerprint density at radius 3 is 2.53 bits per heavy atom. The number of rotatable bonds is 0. The van der Waals surface area contributed by atoms with Crippen LogP contribution in [0.15, 0.2) is 18.3 Å². The first-order valence-electron chi connectivity index (χ1n) is 5.91. The number of aliphatic hydroxyl groups is 1. The van der Waals surface area contributed by atoms with E-state index in [1.165, 1.54) is 12.0 Å². The predicted molar refractivity (Wildman–Crippen MR) is 64.8 cm³/mol. The Balaban J connectivity index is 0.000000342. The standard InChI is InChI=1S/C8H9NO.C3H8.C2H6/c10-7-4-3-6-2-1-5-9-8(6)7;1-3-2;1-2/h1-2,5,7,10H,3-4H2;3H2,1-2H3;1-2H3. The van der Waals surface area contributed by atoms with Crippen LogP contribution in [0.2, 0.25) is 0 Å². The Hall–Kier alpha value is -0.890. The fourth-order valence-corrected chi connectivity index (χ4v) is 1.39. The first-order valence-corrected chi connectivity index (χ1v) is 5.91. The van der Waals surface area contributed by atoms with E-state index in [0.29, 0.717) is 0 Å². The monoisotopic (exact) mass is 209 g/mol. The minimum absolute atomic E-state index is 0.309. The second-order valence-corrected chi connectivity index (χ2v) is 3.31. The van der Waals surface area contributed by atoms with E-state index in [1.807, 2.05) is 26.0 Å². The molecule has 1 aliphatic carbocycles. The highest BCUT2D eigenvalue weighted by Gasteiger charge is 2.20. The van der Waals surface area contributed by atoms with Gasteiger partial charge in [-0.25, -0.2) is 0 Å². The molecule has 0 fully saturated rings. The minimum atomic E-state index is -0.309. The average Bonchev–Trinajstić information content (AvgIpc) is 2.65. The Kier molecular flexibility index (Phi) is 7.92. The summed E-state index contributed by atoms with van der Waals surface area (Å²) < 4.78 is 0. The van der Waals surface area contributed by atoms with Crippen molar-refractivity contribution in [2.45, 2.75) is 53.1 Å². The van der Waals surface area contributed by atoms with Crippen LogP contribution in [0.4, 0.5) is 0 Å². The fraction of sp³-hybridized carbons (Fsp3) is 0.615. The molecule has 1 aromatic heterocycles. The van der Waals surface area contributed by atoms with Crippen LogP contribution in [-0.4, -0.2) is 10.1 Å². The highest BCUT2D eigenvalue weighted by atomic mass is 16.3. The van der Waals surface area contributed by atoms with Crippen LogP contribution in [0.25, 0.3) is 0 Å². The number of nitrogens with zero attached hydrogens (tertiary/aromatic N) is 1. The van der Waals surface area contributed by atoms with E-state index in [9.17, 15) is 5.11 Å². The molecule has 0 saturated heterocycles. The molecule has 0 aromatic carbocycles. The summed E-state index contributed by atoms with van der Waals surface area (Å²) in [6.45, 7) is 8.25. The van der Waals surface area contributed by atoms with Gasteiger partial charge in [0.1, 0.15) is 0 Å². The second-order valence-electron chi connectivity index (χ2n) is 3.31. The molecule has 0 bridgehead atoms. The normalized spacial score (nSPS) is 16.7. The van der Waals surface area contributed by atoms with Crippen LogP contribution < -0.4 is 0 Å². The summed E-state index contributed by atoms with van der Waals surface area (Å²) in [5.74, 6) is 0. The van der Waals surface area contributed by atoms with Crippen molar-refractivity contribution in [2.75, 3.05) is 0 Å². The zero-order chi connectivity index (χ0) is 11.7. The Morgan fingerprint density at radius 2 is 2.00 bits per heavy atom. The molecule has 1 aliphatic rings. The molecule has 1 aromatic rings. The summed E-state index contributed by atoms with van der Waals surface area (Å²) in [6, 6.07) is 3.94. The van der Waals surface area contributed by atoms with Crippen molar-refractivity contribution in [3.05, 3.63) is 29.6 Å². The average molecular weight is 209 g/mol. The molecule has 0 aliphatic heterocycles. The van der Waals surface area contributed by atoms with E-state index < -0.39 is 0 Å². The number of aliphatic hydroxyl groups excluding tert-OH is 1. The van der Waals surface area contributed by atoms with E-state index in [4.69, 9.17) is 0 Å². The van der Waals surface area contributed by atoms with Gasteiger partial charge in [0.25, 0.3) is 0 Å². The number of hydrogen-bond donors (Lipinski definition) is 1. The molecule has 0 spiro atoms. The molecule has 15 heavy (non-hydrogen) atoms. The van der Waals surface area contributed by atoms with E-state index in [0.717, 1.165) is 18.5 Å². The summed E-state index contributed by atoms with van der Waals surface area (Å²) in [7, 11) is 0. The van der Waals surface area contributed by atoms with Crippen molar-refractivity contribution in [1.82, 2.24) is 4.98 Å². The number of hydrogen-bond acceptors (Lipinski definition) is 2. The number of fused-ring (bicyclic) bond motifs is 1. The molecule has 1 unspecified atom stereocenters. The molecule has 86 valence electrons. The molecule has 1 N–H and O–H groups in total. The summed E-state index contributed by atoms with van der Waals surface area (Å²) >= 11 is 0. The topological polar surface area (TPSA) is 33.1 Å². The lowest BCUT2D eigenvalue weighted by molar-refractivity contribution is 0.176. The quantitative estimate of drug-likeness (QED) is 0.709. The van der Waals surface area contributed by atoms with Crippen molar-refractivity contribution in [2.24, 2.45) is 0 Å². The van der Waals surface area contributed by atoms with Gasteiger partial charge < -0.3 is 5.11 Å². The molecule has 0 amide bonds. The van der Waals surface area contributed by atoms with Gasteiger partial charge in [0.05, 0.1) is 11.8 Å². The van der Waals surface area contributed by atoms with Gasteiger partial charge in [0, 0.05) is 6.20 Å².